The van der Waals surface area contributed by atoms with Crippen LogP contribution in [0.15, 0.2) is 34.7 Å². The van der Waals surface area contributed by atoms with E-state index in [9.17, 15) is 9.18 Å². The molecule has 0 spiro atoms. The molecule has 2 rings (SSSR count). The van der Waals surface area contributed by atoms with Crippen molar-refractivity contribution in [3.63, 3.8) is 0 Å². The van der Waals surface area contributed by atoms with Crippen molar-refractivity contribution in [2.24, 2.45) is 0 Å². The second-order valence-corrected chi connectivity index (χ2v) is 4.81. The summed E-state index contributed by atoms with van der Waals surface area (Å²) >= 11 is 0. The summed E-state index contributed by atoms with van der Waals surface area (Å²) in [7, 11) is 0. The lowest BCUT2D eigenvalue weighted by Crippen LogP contribution is -2.29. The monoisotopic (exact) mass is 261 g/mol. The van der Waals surface area contributed by atoms with Crippen LogP contribution in [0.2, 0.25) is 0 Å². The third-order valence-electron chi connectivity index (χ3n) is 2.58. The Morgan fingerprint density at radius 2 is 2.00 bits per heavy atom. The van der Waals surface area contributed by atoms with Gasteiger partial charge in [0.2, 0.25) is 0 Å². The van der Waals surface area contributed by atoms with Crippen molar-refractivity contribution in [2.75, 3.05) is 0 Å². The highest BCUT2D eigenvalue weighted by atomic mass is 19.1. The number of aryl methyl sites for hydroxylation is 1. The summed E-state index contributed by atoms with van der Waals surface area (Å²) in [6.07, 6.45) is 0. The van der Waals surface area contributed by atoms with Gasteiger partial charge in [-0.2, -0.15) is 0 Å². The largest absolute Gasteiger partial charge is 0.451 e. The van der Waals surface area contributed by atoms with Crippen molar-refractivity contribution in [3.8, 4) is 11.3 Å². The molecule has 1 N–H and O–H groups in total. The lowest BCUT2D eigenvalue weighted by Gasteiger charge is -2.05. The molecule has 0 fully saturated rings. The van der Waals surface area contributed by atoms with Crippen LogP contribution in [-0.4, -0.2) is 11.9 Å². The predicted molar refractivity (Wildman–Crippen MR) is 71.4 cm³/mol. The third kappa shape index (κ3) is 3.22. The number of hydrogen-bond donors (Lipinski definition) is 1. The number of carbonyl (C=O) groups excluding carboxylic acids is 1. The molecule has 100 valence electrons. The van der Waals surface area contributed by atoms with E-state index in [0.29, 0.717) is 11.3 Å². The second-order valence-electron chi connectivity index (χ2n) is 4.81. The van der Waals surface area contributed by atoms with Gasteiger partial charge in [-0.1, -0.05) is 0 Å². The van der Waals surface area contributed by atoms with Gasteiger partial charge in [-0.3, -0.25) is 4.79 Å². The molecule has 0 saturated heterocycles. The molecule has 0 unspecified atom stereocenters. The first-order valence-electron chi connectivity index (χ1n) is 6.14. The highest BCUT2D eigenvalue weighted by Crippen LogP contribution is 2.24. The van der Waals surface area contributed by atoms with E-state index >= 15 is 0 Å². The summed E-state index contributed by atoms with van der Waals surface area (Å²) in [6.45, 7) is 5.55. The Balaban J connectivity index is 2.28. The molecule has 0 aliphatic heterocycles. The van der Waals surface area contributed by atoms with Gasteiger partial charge in [0.1, 0.15) is 11.6 Å². The molecule has 4 heteroatoms. The number of amides is 1. The molecule has 1 heterocycles. The zero-order valence-corrected chi connectivity index (χ0v) is 11.2. The molecule has 1 amide bonds. The van der Waals surface area contributed by atoms with E-state index in [4.69, 9.17) is 4.42 Å². The third-order valence-corrected chi connectivity index (χ3v) is 2.58. The fraction of sp³-hybridized carbons (Fsp3) is 0.267. The van der Waals surface area contributed by atoms with E-state index in [1.807, 2.05) is 26.8 Å². The Kier molecular flexibility index (Phi) is 3.69. The number of rotatable bonds is 3. The van der Waals surface area contributed by atoms with Crippen LogP contribution in [0.3, 0.4) is 0 Å². The topological polar surface area (TPSA) is 42.2 Å². The first kappa shape index (κ1) is 13.3. The fourth-order valence-electron chi connectivity index (χ4n) is 1.83. The standard InChI is InChI=1S/C15H16FNO2/c1-9(2)17-15(18)14-5-4-13(19-14)11-6-10(3)7-12(16)8-11/h4-9H,1-3H3,(H,17,18). The molecule has 0 aliphatic rings. The van der Waals surface area contributed by atoms with Gasteiger partial charge in [0.25, 0.3) is 5.91 Å². The van der Waals surface area contributed by atoms with Crippen LogP contribution in [0, 0.1) is 12.7 Å². The van der Waals surface area contributed by atoms with Crippen LogP contribution in [0.5, 0.6) is 0 Å². The summed E-state index contributed by atoms with van der Waals surface area (Å²) in [5.74, 6) is 0.121. The van der Waals surface area contributed by atoms with Gasteiger partial charge in [0.05, 0.1) is 0 Å². The summed E-state index contributed by atoms with van der Waals surface area (Å²) in [5.41, 5.74) is 1.43. The van der Waals surface area contributed by atoms with Crippen molar-refractivity contribution < 1.29 is 13.6 Å². The second kappa shape index (κ2) is 5.26. The van der Waals surface area contributed by atoms with E-state index in [-0.39, 0.29) is 23.5 Å². The number of nitrogens with one attached hydrogen (secondary N) is 1. The molecule has 19 heavy (non-hydrogen) atoms. The van der Waals surface area contributed by atoms with E-state index in [2.05, 4.69) is 5.32 Å². The number of carbonyl (C=O) groups is 1. The molecule has 3 nitrogen and oxygen atoms in total. The number of halogens is 1. The molecule has 1 aromatic heterocycles. The average Bonchev–Trinajstić information content (AvgIpc) is 2.75. The number of benzene rings is 1. The van der Waals surface area contributed by atoms with Crippen LogP contribution < -0.4 is 5.32 Å². The average molecular weight is 261 g/mol. The maximum absolute atomic E-state index is 13.3. The fourth-order valence-corrected chi connectivity index (χ4v) is 1.83. The summed E-state index contributed by atoms with van der Waals surface area (Å²) in [4.78, 5) is 11.8. The smallest absolute Gasteiger partial charge is 0.287 e. The van der Waals surface area contributed by atoms with Gasteiger partial charge >= 0.3 is 0 Å². The van der Waals surface area contributed by atoms with E-state index in [1.165, 1.54) is 12.1 Å². The van der Waals surface area contributed by atoms with Crippen LogP contribution in [0.4, 0.5) is 4.39 Å². The molecular formula is C15H16FNO2. The molecule has 0 bridgehead atoms. The van der Waals surface area contributed by atoms with Crippen molar-refractivity contribution >= 4 is 5.91 Å². The van der Waals surface area contributed by atoms with Gasteiger partial charge in [0, 0.05) is 11.6 Å². The Hall–Kier alpha value is -2.10. The normalized spacial score (nSPS) is 10.8. The molecule has 1 aromatic carbocycles. The maximum Gasteiger partial charge on any atom is 0.287 e. The minimum Gasteiger partial charge on any atom is -0.451 e. The van der Waals surface area contributed by atoms with Crippen molar-refractivity contribution in [1.29, 1.82) is 0 Å². The van der Waals surface area contributed by atoms with E-state index in [0.717, 1.165) is 5.56 Å². The minimum absolute atomic E-state index is 0.0393. The van der Waals surface area contributed by atoms with Crippen molar-refractivity contribution in [1.82, 2.24) is 5.32 Å². The van der Waals surface area contributed by atoms with E-state index < -0.39 is 0 Å². The summed E-state index contributed by atoms with van der Waals surface area (Å²) < 4.78 is 18.8. The number of furan rings is 1. The minimum atomic E-state index is -0.320. The van der Waals surface area contributed by atoms with Crippen LogP contribution in [0.1, 0.15) is 30.0 Å². The Morgan fingerprint density at radius 1 is 1.26 bits per heavy atom. The Morgan fingerprint density at radius 3 is 2.63 bits per heavy atom. The lowest BCUT2D eigenvalue weighted by molar-refractivity contribution is 0.0916. The first-order valence-corrected chi connectivity index (χ1v) is 6.14. The van der Waals surface area contributed by atoms with Gasteiger partial charge in [0.15, 0.2) is 5.76 Å². The molecule has 2 aromatic rings. The molecule has 0 radical (unpaired) electrons. The van der Waals surface area contributed by atoms with Crippen molar-refractivity contribution in [2.45, 2.75) is 26.8 Å². The lowest BCUT2D eigenvalue weighted by atomic mass is 10.1. The SMILES string of the molecule is Cc1cc(F)cc(-c2ccc(C(=O)NC(C)C)o2)c1. The van der Waals surface area contributed by atoms with Crippen LogP contribution in [-0.2, 0) is 0 Å². The summed E-state index contributed by atoms with van der Waals surface area (Å²) in [6, 6.07) is 7.94. The maximum atomic E-state index is 13.3. The first-order chi connectivity index (χ1) is 8.95. The predicted octanol–water partition coefficient (Wildman–Crippen LogP) is 3.53. The van der Waals surface area contributed by atoms with Crippen LogP contribution >= 0.6 is 0 Å². The van der Waals surface area contributed by atoms with Crippen molar-refractivity contribution in [3.05, 3.63) is 47.5 Å². The van der Waals surface area contributed by atoms with E-state index in [1.54, 1.807) is 12.1 Å². The van der Waals surface area contributed by atoms with Gasteiger partial charge in [-0.05, 0) is 56.7 Å². The quantitative estimate of drug-likeness (QED) is 0.918. The van der Waals surface area contributed by atoms with Crippen LogP contribution in [0.25, 0.3) is 11.3 Å². The van der Waals surface area contributed by atoms with Gasteiger partial charge in [-0.15, -0.1) is 0 Å². The Bertz CT molecular complexity index is 582. The summed E-state index contributed by atoms with van der Waals surface area (Å²) in [5, 5.41) is 2.74. The molecule has 0 aliphatic carbocycles. The molecule has 0 atom stereocenters. The van der Waals surface area contributed by atoms with Gasteiger partial charge in [-0.25, -0.2) is 4.39 Å². The number of hydrogen-bond acceptors (Lipinski definition) is 2. The molecular weight excluding hydrogens is 245 g/mol. The zero-order chi connectivity index (χ0) is 14.0. The highest BCUT2D eigenvalue weighted by molar-refractivity contribution is 5.92. The molecule has 0 saturated carbocycles. The zero-order valence-electron chi connectivity index (χ0n) is 11.2. The highest BCUT2D eigenvalue weighted by Gasteiger charge is 2.13. The Labute approximate surface area is 111 Å². The van der Waals surface area contributed by atoms with Gasteiger partial charge < -0.3 is 9.73 Å².